The second kappa shape index (κ2) is 8.90. The lowest BCUT2D eigenvalue weighted by molar-refractivity contribution is 0.00406. The highest BCUT2D eigenvalue weighted by Gasteiger charge is 2.38. The number of alkyl halides is 2. The van der Waals surface area contributed by atoms with Gasteiger partial charge in [-0.2, -0.15) is 0 Å². The number of aromatic hydroxyl groups is 1. The lowest BCUT2D eigenvalue weighted by Gasteiger charge is -2.21. The monoisotopic (exact) mass is 488 g/mol. The van der Waals surface area contributed by atoms with Gasteiger partial charge >= 0.3 is 0 Å². The van der Waals surface area contributed by atoms with Gasteiger partial charge in [0.1, 0.15) is 16.9 Å². The molecule has 1 amide bonds. The summed E-state index contributed by atoms with van der Waals surface area (Å²) in [6.45, 7) is 1.93. The Bertz CT molecular complexity index is 1340. The van der Waals surface area contributed by atoms with Crippen LogP contribution in [-0.4, -0.2) is 40.1 Å². The lowest BCUT2D eigenvalue weighted by atomic mass is 10.0. The summed E-state index contributed by atoms with van der Waals surface area (Å²) < 4.78 is 42.5. The SMILES string of the molecule is CNc1c(Cc2ccc(F)cc2)cnc2c(O)c(C(=O)NCC3(C)CC3)c(=O)n(CC(C)(F)F)c12. The summed E-state index contributed by atoms with van der Waals surface area (Å²) in [6.07, 6.45) is 3.54. The van der Waals surface area contributed by atoms with Crippen molar-refractivity contribution >= 4 is 22.6 Å². The second-order valence-electron chi connectivity index (χ2n) is 9.59. The molecule has 1 aliphatic rings. The van der Waals surface area contributed by atoms with E-state index in [1.165, 1.54) is 18.3 Å². The molecule has 3 N–H and O–H groups in total. The first-order valence-corrected chi connectivity index (χ1v) is 11.3. The van der Waals surface area contributed by atoms with Crippen molar-refractivity contribution in [2.24, 2.45) is 5.41 Å². The maximum absolute atomic E-state index is 14.2. The van der Waals surface area contributed by atoms with Crippen molar-refractivity contribution in [1.29, 1.82) is 0 Å². The first-order chi connectivity index (χ1) is 16.4. The topological polar surface area (TPSA) is 96.2 Å². The number of fused-ring (bicyclic) bond motifs is 1. The molecule has 1 saturated carbocycles. The number of rotatable bonds is 8. The van der Waals surface area contributed by atoms with Crippen LogP contribution in [0.25, 0.3) is 11.0 Å². The van der Waals surface area contributed by atoms with E-state index in [-0.39, 0.29) is 22.9 Å². The van der Waals surface area contributed by atoms with Crippen LogP contribution < -0.4 is 16.2 Å². The molecule has 1 aromatic carbocycles. The Labute approximate surface area is 200 Å². The van der Waals surface area contributed by atoms with Gasteiger partial charge in [-0.1, -0.05) is 19.1 Å². The van der Waals surface area contributed by atoms with E-state index in [4.69, 9.17) is 0 Å². The number of carbonyl (C=O) groups excluding carboxylic acids is 1. The number of benzene rings is 1. The van der Waals surface area contributed by atoms with E-state index in [0.29, 0.717) is 24.7 Å². The number of amides is 1. The Morgan fingerprint density at radius 2 is 1.91 bits per heavy atom. The predicted molar refractivity (Wildman–Crippen MR) is 127 cm³/mol. The van der Waals surface area contributed by atoms with Crippen molar-refractivity contribution in [2.45, 2.75) is 45.6 Å². The fraction of sp³-hybridized carbons (Fsp3) is 0.400. The van der Waals surface area contributed by atoms with E-state index >= 15 is 0 Å². The molecule has 2 aromatic heterocycles. The summed E-state index contributed by atoms with van der Waals surface area (Å²) in [6, 6.07) is 5.76. The van der Waals surface area contributed by atoms with E-state index in [0.717, 1.165) is 23.0 Å². The maximum atomic E-state index is 14.2. The number of carbonyl (C=O) groups is 1. The molecule has 7 nitrogen and oxygen atoms in total. The van der Waals surface area contributed by atoms with Gasteiger partial charge in [0, 0.05) is 38.7 Å². The van der Waals surface area contributed by atoms with Crippen LogP contribution in [0.2, 0.25) is 0 Å². The zero-order valence-corrected chi connectivity index (χ0v) is 19.7. The van der Waals surface area contributed by atoms with Gasteiger partial charge in [-0.3, -0.25) is 19.1 Å². The molecular formula is C25H27F3N4O3. The van der Waals surface area contributed by atoms with Gasteiger partial charge in [-0.05, 0) is 36.0 Å². The van der Waals surface area contributed by atoms with Crippen LogP contribution in [0.3, 0.4) is 0 Å². The molecule has 10 heteroatoms. The van der Waals surface area contributed by atoms with Gasteiger partial charge in [-0.15, -0.1) is 0 Å². The molecule has 1 aliphatic carbocycles. The lowest BCUT2D eigenvalue weighted by Crippen LogP contribution is -2.38. The summed E-state index contributed by atoms with van der Waals surface area (Å²) in [4.78, 5) is 30.5. The molecule has 0 atom stereocenters. The fourth-order valence-electron chi connectivity index (χ4n) is 4.07. The van der Waals surface area contributed by atoms with Gasteiger partial charge in [0.05, 0.1) is 17.7 Å². The maximum Gasteiger partial charge on any atom is 0.268 e. The Morgan fingerprint density at radius 3 is 2.49 bits per heavy atom. The van der Waals surface area contributed by atoms with Crippen LogP contribution >= 0.6 is 0 Å². The van der Waals surface area contributed by atoms with Crippen molar-refractivity contribution < 1.29 is 23.1 Å². The number of nitrogens with one attached hydrogen (secondary N) is 2. The highest BCUT2D eigenvalue weighted by Crippen LogP contribution is 2.44. The molecule has 1 fully saturated rings. The Morgan fingerprint density at radius 1 is 1.26 bits per heavy atom. The molecule has 35 heavy (non-hydrogen) atoms. The number of anilines is 1. The van der Waals surface area contributed by atoms with Crippen molar-refractivity contribution in [3.63, 3.8) is 0 Å². The van der Waals surface area contributed by atoms with E-state index in [1.54, 1.807) is 19.2 Å². The number of aromatic nitrogens is 2. The van der Waals surface area contributed by atoms with E-state index < -0.39 is 41.1 Å². The number of hydrogen-bond donors (Lipinski definition) is 3. The van der Waals surface area contributed by atoms with E-state index in [9.17, 15) is 27.9 Å². The van der Waals surface area contributed by atoms with Crippen LogP contribution in [-0.2, 0) is 13.0 Å². The Hall–Kier alpha value is -3.56. The summed E-state index contributed by atoms with van der Waals surface area (Å²) in [5.74, 6) is -5.19. The molecule has 0 saturated heterocycles. The molecule has 0 aliphatic heterocycles. The molecule has 186 valence electrons. The third-order valence-electron chi connectivity index (χ3n) is 6.32. The normalized spacial score (nSPS) is 14.7. The minimum absolute atomic E-state index is 0.0400. The van der Waals surface area contributed by atoms with Crippen LogP contribution in [0.1, 0.15) is 48.2 Å². The van der Waals surface area contributed by atoms with Crippen LogP contribution in [0.4, 0.5) is 18.9 Å². The molecule has 0 radical (unpaired) electrons. The zero-order valence-electron chi connectivity index (χ0n) is 19.7. The van der Waals surface area contributed by atoms with E-state index in [2.05, 4.69) is 15.6 Å². The smallest absolute Gasteiger partial charge is 0.268 e. The molecule has 0 bridgehead atoms. The average molecular weight is 489 g/mol. The first kappa shape index (κ1) is 24.6. The summed E-state index contributed by atoms with van der Waals surface area (Å²) in [7, 11) is 1.55. The molecule has 3 aromatic rings. The average Bonchev–Trinajstić information content (AvgIpc) is 3.53. The predicted octanol–water partition coefficient (Wildman–Crippen LogP) is 4.06. The van der Waals surface area contributed by atoms with Gasteiger partial charge in [-0.25, -0.2) is 13.2 Å². The quantitative estimate of drug-likeness (QED) is 0.445. The number of pyridine rings is 2. The minimum atomic E-state index is -3.29. The Balaban J connectivity index is 1.89. The summed E-state index contributed by atoms with van der Waals surface area (Å²) in [5, 5.41) is 16.5. The van der Waals surface area contributed by atoms with Crippen LogP contribution in [0.15, 0.2) is 35.3 Å². The first-order valence-electron chi connectivity index (χ1n) is 11.3. The summed E-state index contributed by atoms with van der Waals surface area (Å²) >= 11 is 0. The molecule has 0 spiro atoms. The number of hydrogen-bond acceptors (Lipinski definition) is 5. The van der Waals surface area contributed by atoms with Gasteiger partial charge < -0.3 is 15.7 Å². The highest BCUT2D eigenvalue weighted by molar-refractivity contribution is 6.03. The van der Waals surface area contributed by atoms with Crippen LogP contribution in [0, 0.1) is 11.2 Å². The summed E-state index contributed by atoms with van der Waals surface area (Å²) in [5.41, 5.74) is -0.340. The van der Waals surface area contributed by atoms with Crippen molar-refractivity contribution in [3.05, 3.63) is 63.3 Å². The molecular weight excluding hydrogens is 461 g/mol. The van der Waals surface area contributed by atoms with E-state index in [1.807, 2.05) is 6.92 Å². The molecule has 4 rings (SSSR count). The Kier molecular flexibility index (Phi) is 6.25. The van der Waals surface area contributed by atoms with Crippen molar-refractivity contribution in [3.8, 4) is 5.75 Å². The largest absolute Gasteiger partial charge is 0.505 e. The van der Waals surface area contributed by atoms with Crippen molar-refractivity contribution in [2.75, 3.05) is 18.9 Å². The fourth-order valence-corrected chi connectivity index (χ4v) is 4.07. The highest BCUT2D eigenvalue weighted by atomic mass is 19.3. The number of halogens is 3. The second-order valence-corrected chi connectivity index (χ2v) is 9.59. The van der Waals surface area contributed by atoms with Gasteiger partial charge in [0.25, 0.3) is 17.4 Å². The number of nitrogens with zero attached hydrogens (tertiary/aromatic N) is 2. The third kappa shape index (κ3) is 5.11. The molecule has 0 unspecified atom stereocenters. The standard InChI is InChI=1S/C25H27F3N4O3/c1-24(8-9-24)12-31-22(34)17-21(33)19-20(32(23(17)35)13-25(2,27)28)18(29-3)15(11-30-19)10-14-4-6-16(26)7-5-14/h4-7,11,33H,8-10,12-13H2,1-3H3,(H,29,30)(H,31,34). The molecule has 2 heterocycles. The minimum Gasteiger partial charge on any atom is -0.505 e. The van der Waals surface area contributed by atoms with Crippen LogP contribution in [0.5, 0.6) is 5.75 Å². The third-order valence-corrected chi connectivity index (χ3v) is 6.32. The van der Waals surface area contributed by atoms with Crippen molar-refractivity contribution in [1.82, 2.24) is 14.9 Å². The van der Waals surface area contributed by atoms with Gasteiger partial charge in [0.2, 0.25) is 0 Å². The zero-order chi connectivity index (χ0) is 25.5. The van der Waals surface area contributed by atoms with Gasteiger partial charge in [0.15, 0.2) is 5.75 Å².